The smallest absolute Gasteiger partial charge is 0.343 e. The van der Waals surface area contributed by atoms with Crippen molar-refractivity contribution in [2.75, 3.05) is 20.3 Å². The van der Waals surface area contributed by atoms with Crippen molar-refractivity contribution in [3.8, 4) is 17.2 Å². The van der Waals surface area contributed by atoms with E-state index in [-0.39, 0.29) is 18.2 Å². The van der Waals surface area contributed by atoms with E-state index in [0.29, 0.717) is 34.8 Å². The van der Waals surface area contributed by atoms with E-state index in [2.05, 4.69) is 38.7 Å². The van der Waals surface area contributed by atoms with Crippen molar-refractivity contribution >= 4 is 39.9 Å². The predicted octanol–water partition coefficient (Wildman–Crippen LogP) is 4.74. The van der Waals surface area contributed by atoms with Gasteiger partial charge >= 0.3 is 5.97 Å². The van der Waals surface area contributed by atoms with E-state index >= 15 is 0 Å². The SMILES string of the molecule is CCCCOc1ccc(C(=O)Oc2ccc(/C=N\NC(=O)CNC(=O)c3cccc(Br)c3)cc2OC)cc1. The fourth-order valence-electron chi connectivity index (χ4n) is 3.14. The molecule has 9 nitrogen and oxygen atoms in total. The minimum atomic E-state index is -0.540. The van der Waals surface area contributed by atoms with Gasteiger partial charge in [-0.25, -0.2) is 10.2 Å². The molecule has 198 valence electrons. The number of rotatable bonds is 12. The lowest BCUT2D eigenvalue weighted by atomic mass is 10.2. The van der Waals surface area contributed by atoms with Crippen LogP contribution in [0, 0.1) is 0 Å². The summed E-state index contributed by atoms with van der Waals surface area (Å²) in [6.45, 7) is 2.47. The highest BCUT2D eigenvalue weighted by Crippen LogP contribution is 2.28. The summed E-state index contributed by atoms with van der Waals surface area (Å²) in [7, 11) is 1.45. The molecule has 0 spiro atoms. The number of unbranched alkanes of at least 4 members (excludes halogenated alkanes) is 1. The second kappa shape index (κ2) is 14.5. The highest BCUT2D eigenvalue weighted by Gasteiger charge is 2.13. The predicted molar refractivity (Wildman–Crippen MR) is 147 cm³/mol. The van der Waals surface area contributed by atoms with Crippen molar-refractivity contribution in [3.63, 3.8) is 0 Å². The number of methoxy groups -OCH3 is 1. The maximum atomic E-state index is 12.6. The Morgan fingerprint density at radius 1 is 0.974 bits per heavy atom. The van der Waals surface area contributed by atoms with E-state index in [0.717, 1.165) is 17.3 Å². The standard InChI is InChI=1S/C28H28BrN3O6/c1-3-4-14-37-23-11-9-20(10-12-23)28(35)38-24-13-8-19(15-25(24)36-2)17-31-32-26(33)18-30-27(34)21-6-5-7-22(29)16-21/h5-13,15-17H,3-4,14,18H2,1-2H3,(H,30,34)(H,32,33)/b31-17-. The van der Waals surface area contributed by atoms with Crippen molar-refractivity contribution in [2.45, 2.75) is 19.8 Å². The van der Waals surface area contributed by atoms with Gasteiger partial charge in [0.25, 0.3) is 11.8 Å². The van der Waals surface area contributed by atoms with Crippen molar-refractivity contribution in [1.29, 1.82) is 0 Å². The molecular weight excluding hydrogens is 554 g/mol. The van der Waals surface area contributed by atoms with E-state index in [4.69, 9.17) is 14.2 Å². The number of carbonyl (C=O) groups is 3. The largest absolute Gasteiger partial charge is 0.494 e. The molecule has 0 saturated heterocycles. The van der Waals surface area contributed by atoms with Gasteiger partial charge in [-0.2, -0.15) is 5.10 Å². The van der Waals surface area contributed by atoms with E-state index in [9.17, 15) is 14.4 Å². The van der Waals surface area contributed by atoms with Crippen LogP contribution in [0.2, 0.25) is 0 Å². The first-order chi connectivity index (χ1) is 18.4. The Morgan fingerprint density at radius 3 is 2.47 bits per heavy atom. The molecule has 0 aromatic heterocycles. The van der Waals surface area contributed by atoms with Gasteiger partial charge in [0.2, 0.25) is 0 Å². The van der Waals surface area contributed by atoms with Gasteiger partial charge in [0.15, 0.2) is 11.5 Å². The van der Waals surface area contributed by atoms with Crippen LogP contribution >= 0.6 is 15.9 Å². The summed E-state index contributed by atoms with van der Waals surface area (Å²) in [6, 6.07) is 18.4. The molecule has 0 radical (unpaired) electrons. The zero-order valence-electron chi connectivity index (χ0n) is 21.0. The summed E-state index contributed by atoms with van der Waals surface area (Å²) in [5.41, 5.74) is 3.74. The Labute approximate surface area is 229 Å². The molecule has 0 heterocycles. The molecule has 3 rings (SSSR count). The number of halogens is 1. The molecular formula is C28H28BrN3O6. The quantitative estimate of drug-likeness (QED) is 0.105. The van der Waals surface area contributed by atoms with Gasteiger partial charge in [-0.15, -0.1) is 0 Å². The fraction of sp³-hybridized carbons (Fsp3) is 0.214. The molecule has 0 saturated carbocycles. The molecule has 2 N–H and O–H groups in total. The third-order valence-electron chi connectivity index (χ3n) is 5.15. The normalized spacial score (nSPS) is 10.6. The van der Waals surface area contributed by atoms with Gasteiger partial charge in [-0.3, -0.25) is 9.59 Å². The molecule has 10 heteroatoms. The summed E-state index contributed by atoms with van der Waals surface area (Å²) in [6.07, 6.45) is 3.40. The van der Waals surface area contributed by atoms with E-state index in [1.165, 1.54) is 13.3 Å². The number of nitrogens with zero attached hydrogens (tertiary/aromatic N) is 1. The molecule has 38 heavy (non-hydrogen) atoms. The summed E-state index contributed by atoms with van der Waals surface area (Å²) >= 11 is 3.30. The minimum Gasteiger partial charge on any atom is -0.494 e. The summed E-state index contributed by atoms with van der Waals surface area (Å²) in [4.78, 5) is 36.7. The van der Waals surface area contributed by atoms with Crippen LogP contribution < -0.4 is 25.0 Å². The van der Waals surface area contributed by atoms with Gasteiger partial charge in [-0.1, -0.05) is 35.3 Å². The third-order valence-corrected chi connectivity index (χ3v) is 5.64. The Hall–Kier alpha value is -4.18. The van der Waals surface area contributed by atoms with Gasteiger partial charge in [0.05, 0.1) is 32.0 Å². The fourth-order valence-corrected chi connectivity index (χ4v) is 3.54. The molecule has 0 atom stereocenters. The number of nitrogens with one attached hydrogen (secondary N) is 2. The molecule has 3 aromatic rings. The maximum Gasteiger partial charge on any atom is 0.343 e. The van der Waals surface area contributed by atoms with Crippen LogP contribution in [0.15, 0.2) is 76.3 Å². The number of amides is 2. The van der Waals surface area contributed by atoms with Crippen LogP contribution in [0.5, 0.6) is 17.2 Å². The second-order valence-electron chi connectivity index (χ2n) is 8.01. The average Bonchev–Trinajstić information content (AvgIpc) is 2.93. The first kappa shape index (κ1) is 28.4. The van der Waals surface area contributed by atoms with Crippen LogP contribution in [-0.4, -0.2) is 44.3 Å². The Morgan fingerprint density at radius 2 is 1.76 bits per heavy atom. The van der Waals surface area contributed by atoms with Gasteiger partial charge in [0, 0.05) is 10.0 Å². The van der Waals surface area contributed by atoms with Crippen molar-refractivity contribution in [1.82, 2.24) is 10.7 Å². The number of esters is 1. The molecule has 0 bridgehead atoms. The first-order valence-electron chi connectivity index (χ1n) is 11.9. The Bertz CT molecular complexity index is 1290. The van der Waals surface area contributed by atoms with Crippen LogP contribution in [0.1, 0.15) is 46.0 Å². The van der Waals surface area contributed by atoms with Gasteiger partial charge in [0.1, 0.15) is 5.75 Å². The lowest BCUT2D eigenvalue weighted by molar-refractivity contribution is -0.120. The van der Waals surface area contributed by atoms with Crippen LogP contribution in [0.4, 0.5) is 0 Å². The molecule has 0 aliphatic carbocycles. The second-order valence-corrected chi connectivity index (χ2v) is 8.93. The number of ether oxygens (including phenoxy) is 3. The Balaban J connectivity index is 1.51. The number of benzene rings is 3. The molecule has 0 aliphatic heterocycles. The zero-order valence-corrected chi connectivity index (χ0v) is 22.6. The van der Waals surface area contributed by atoms with E-state index in [1.54, 1.807) is 66.7 Å². The van der Waals surface area contributed by atoms with Crippen molar-refractivity contribution in [2.24, 2.45) is 5.10 Å². The third kappa shape index (κ3) is 8.74. The topological polar surface area (TPSA) is 115 Å². The van der Waals surface area contributed by atoms with E-state index < -0.39 is 11.9 Å². The van der Waals surface area contributed by atoms with Crippen molar-refractivity contribution in [3.05, 3.63) is 87.9 Å². The summed E-state index contributed by atoms with van der Waals surface area (Å²) < 4.78 is 17.2. The first-order valence-corrected chi connectivity index (χ1v) is 12.7. The minimum absolute atomic E-state index is 0.234. The molecule has 0 fully saturated rings. The number of hydrazone groups is 1. The van der Waals surface area contributed by atoms with Gasteiger partial charge in [-0.05, 0) is 72.6 Å². The monoisotopic (exact) mass is 581 g/mol. The molecule has 0 unspecified atom stereocenters. The summed E-state index contributed by atoms with van der Waals surface area (Å²) in [5.74, 6) is -0.177. The summed E-state index contributed by atoms with van der Waals surface area (Å²) in [5, 5.41) is 6.42. The molecule has 3 aromatic carbocycles. The van der Waals surface area contributed by atoms with E-state index in [1.807, 2.05) is 0 Å². The lowest BCUT2D eigenvalue weighted by Crippen LogP contribution is -2.34. The van der Waals surface area contributed by atoms with Crippen molar-refractivity contribution < 1.29 is 28.6 Å². The number of carbonyl (C=O) groups excluding carboxylic acids is 3. The highest BCUT2D eigenvalue weighted by molar-refractivity contribution is 9.10. The highest BCUT2D eigenvalue weighted by atomic mass is 79.9. The maximum absolute atomic E-state index is 12.6. The van der Waals surface area contributed by atoms with Gasteiger partial charge < -0.3 is 19.5 Å². The molecule has 2 amide bonds. The van der Waals surface area contributed by atoms with Crippen LogP contribution in [0.25, 0.3) is 0 Å². The Kier molecular flexibility index (Phi) is 10.9. The number of hydrogen-bond donors (Lipinski definition) is 2. The zero-order chi connectivity index (χ0) is 27.3. The van der Waals surface area contributed by atoms with Crippen LogP contribution in [-0.2, 0) is 4.79 Å². The lowest BCUT2D eigenvalue weighted by Gasteiger charge is -2.10. The average molecular weight is 582 g/mol. The molecule has 0 aliphatic rings. The van der Waals surface area contributed by atoms with Crippen LogP contribution in [0.3, 0.4) is 0 Å². The number of hydrogen-bond acceptors (Lipinski definition) is 7.